The molecule has 2 rings (SSSR count). The predicted molar refractivity (Wildman–Crippen MR) is 91.0 cm³/mol. The molecule has 5 heteroatoms. The number of nitrogens with one attached hydrogen (secondary N) is 1. The van der Waals surface area contributed by atoms with Gasteiger partial charge >= 0.3 is 0 Å². The minimum atomic E-state index is -0.0698. The standard InChI is InChI=1S/C17H17Cl2NO2/c1-2-22-15-5-3-4-14(11-15)20-17(21)9-7-12-6-8-13(18)10-16(12)19/h3-6,8,10-11H,2,7,9H2,1H3,(H,20,21). The maximum Gasteiger partial charge on any atom is 0.224 e. The van der Waals surface area contributed by atoms with Crippen LogP contribution in [0.5, 0.6) is 5.75 Å². The van der Waals surface area contributed by atoms with Crippen LogP contribution in [0.3, 0.4) is 0 Å². The number of rotatable bonds is 6. The Morgan fingerprint density at radius 2 is 2.00 bits per heavy atom. The normalized spacial score (nSPS) is 10.3. The van der Waals surface area contributed by atoms with Gasteiger partial charge in [0, 0.05) is 28.2 Å². The third-order valence-electron chi connectivity index (χ3n) is 3.07. The molecule has 0 saturated heterocycles. The van der Waals surface area contributed by atoms with Crippen LogP contribution >= 0.6 is 23.2 Å². The fraction of sp³-hybridized carbons (Fsp3) is 0.235. The lowest BCUT2D eigenvalue weighted by Gasteiger charge is -2.08. The highest BCUT2D eigenvalue weighted by molar-refractivity contribution is 6.35. The van der Waals surface area contributed by atoms with Crippen molar-refractivity contribution in [2.45, 2.75) is 19.8 Å². The summed E-state index contributed by atoms with van der Waals surface area (Å²) in [6.45, 7) is 2.51. The topological polar surface area (TPSA) is 38.3 Å². The number of ether oxygens (including phenoxy) is 1. The molecule has 2 aromatic carbocycles. The van der Waals surface area contributed by atoms with Gasteiger partial charge in [-0.1, -0.05) is 35.3 Å². The highest BCUT2D eigenvalue weighted by Crippen LogP contribution is 2.22. The molecule has 0 fully saturated rings. The highest BCUT2D eigenvalue weighted by Gasteiger charge is 2.07. The zero-order valence-corrected chi connectivity index (χ0v) is 13.7. The number of carbonyl (C=O) groups excluding carboxylic acids is 1. The highest BCUT2D eigenvalue weighted by atomic mass is 35.5. The van der Waals surface area contributed by atoms with E-state index >= 15 is 0 Å². The average molecular weight is 338 g/mol. The van der Waals surface area contributed by atoms with Gasteiger partial charge in [0.05, 0.1) is 6.61 Å². The molecule has 2 aromatic rings. The Bertz CT molecular complexity index is 659. The number of carbonyl (C=O) groups is 1. The molecule has 0 aliphatic rings. The lowest BCUT2D eigenvalue weighted by atomic mass is 10.1. The molecular formula is C17H17Cl2NO2. The monoisotopic (exact) mass is 337 g/mol. The minimum Gasteiger partial charge on any atom is -0.494 e. The van der Waals surface area contributed by atoms with E-state index in [0.29, 0.717) is 29.5 Å². The maximum atomic E-state index is 12.0. The van der Waals surface area contributed by atoms with Crippen molar-refractivity contribution in [3.63, 3.8) is 0 Å². The van der Waals surface area contributed by atoms with E-state index in [2.05, 4.69) is 5.32 Å². The number of amides is 1. The Kier molecular flexibility index (Phi) is 6.10. The lowest BCUT2D eigenvalue weighted by Crippen LogP contribution is -2.12. The van der Waals surface area contributed by atoms with Crippen molar-refractivity contribution in [3.05, 3.63) is 58.1 Å². The molecule has 1 N–H and O–H groups in total. The quantitative estimate of drug-likeness (QED) is 0.808. The molecule has 22 heavy (non-hydrogen) atoms. The Morgan fingerprint density at radius 1 is 1.18 bits per heavy atom. The van der Waals surface area contributed by atoms with E-state index in [-0.39, 0.29) is 5.91 Å². The Hall–Kier alpha value is -1.71. The van der Waals surface area contributed by atoms with Crippen LogP contribution in [0.15, 0.2) is 42.5 Å². The lowest BCUT2D eigenvalue weighted by molar-refractivity contribution is -0.116. The van der Waals surface area contributed by atoms with Crippen LogP contribution in [0.2, 0.25) is 10.0 Å². The van der Waals surface area contributed by atoms with Crippen LogP contribution in [0.1, 0.15) is 18.9 Å². The second-order valence-electron chi connectivity index (χ2n) is 4.74. The van der Waals surface area contributed by atoms with Gasteiger partial charge in [-0.25, -0.2) is 0 Å². The summed E-state index contributed by atoms with van der Waals surface area (Å²) in [5, 5.41) is 4.02. The first-order valence-corrected chi connectivity index (χ1v) is 7.80. The predicted octanol–water partition coefficient (Wildman–Crippen LogP) is 4.96. The zero-order valence-electron chi connectivity index (χ0n) is 12.2. The van der Waals surface area contributed by atoms with E-state index in [1.807, 2.05) is 31.2 Å². The van der Waals surface area contributed by atoms with Crippen molar-refractivity contribution < 1.29 is 9.53 Å². The molecule has 0 heterocycles. The summed E-state index contributed by atoms with van der Waals surface area (Å²) in [6.07, 6.45) is 0.910. The summed E-state index contributed by atoms with van der Waals surface area (Å²) >= 11 is 11.9. The number of anilines is 1. The molecule has 0 atom stereocenters. The third-order valence-corrected chi connectivity index (χ3v) is 3.65. The summed E-state index contributed by atoms with van der Waals surface area (Å²) in [4.78, 5) is 12.0. The summed E-state index contributed by atoms with van der Waals surface area (Å²) < 4.78 is 5.40. The number of hydrogen-bond donors (Lipinski definition) is 1. The van der Waals surface area contributed by atoms with Gasteiger partial charge in [0.25, 0.3) is 0 Å². The van der Waals surface area contributed by atoms with Gasteiger partial charge in [-0.2, -0.15) is 0 Å². The molecule has 0 unspecified atom stereocenters. The smallest absolute Gasteiger partial charge is 0.224 e. The summed E-state index contributed by atoms with van der Waals surface area (Å²) in [6, 6.07) is 12.6. The van der Waals surface area contributed by atoms with Crippen LogP contribution in [0, 0.1) is 0 Å². The van der Waals surface area contributed by atoms with Crippen LogP contribution in [-0.2, 0) is 11.2 Å². The largest absolute Gasteiger partial charge is 0.494 e. The summed E-state index contributed by atoms with van der Waals surface area (Å²) in [7, 11) is 0. The van der Waals surface area contributed by atoms with Crippen molar-refractivity contribution in [3.8, 4) is 5.75 Å². The van der Waals surface area contributed by atoms with Crippen molar-refractivity contribution in [2.75, 3.05) is 11.9 Å². The number of halogens is 2. The Morgan fingerprint density at radius 3 is 2.73 bits per heavy atom. The van der Waals surface area contributed by atoms with Gasteiger partial charge in [-0.3, -0.25) is 4.79 Å². The summed E-state index contributed by atoms with van der Waals surface area (Å²) in [5.74, 6) is 0.667. The molecular weight excluding hydrogens is 321 g/mol. The molecule has 0 aliphatic carbocycles. The van der Waals surface area contributed by atoms with Gasteiger partial charge in [0.2, 0.25) is 5.91 Å². The first kappa shape index (κ1) is 16.7. The number of aryl methyl sites for hydroxylation is 1. The van der Waals surface area contributed by atoms with Gasteiger partial charge in [0.1, 0.15) is 5.75 Å². The molecule has 0 spiro atoms. The molecule has 0 aromatic heterocycles. The molecule has 0 aliphatic heterocycles. The number of hydrogen-bond acceptors (Lipinski definition) is 2. The zero-order chi connectivity index (χ0) is 15.9. The van der Waals surface area contributed by atoms with Gasteiger partial charge in [-0.05, 0) is 43.2 Å². The van der Waals surface area contributed by atoms with Crippen LogP contribution < -0.4 is 10.1 Å². The third kappa shape index (κ3) is 4.93. The van der Waals surface area contributed by atoms with Crippen molar-refractivity contribution >= 4 is 34.8 Å². The molecule has 0 bridgehead atoms. The van der Waals surface area contributed by atoms with Gasteiger partial charge in [-0.15, -0.1) is 0 Å². The molecule has 0 radical (unpaired) electrons. The SMILES string of the molecule is CCOc1cccc(NC(=O)CCc2ccc(Cl)cc2Cl)c1. The van der Waals surface area contributed by atoms with Gasteiger partial charge in [0.15, 0.2) is 0 Å². The molecule has 1 amide bonds. The van der Waals surface area contributed by atoms with Gasteiger partial charge < -0.3 is 10.1 Å². The summed E-state index contributed by atoms with van der Waals surface area (Å²) in [5.41, 5.74) is 1.63. The van der Waals surface area contributed by atoms with Crippen molar-refractivity contribution in [1.82, 2.24) is 0 Å². The van der Waals surface area contributed by atoms with Crippen LogP contribution in [0.4, 0.5) is 5.69 Å². The molecule has 0 saturated carbocycles. The second kappa shape index (κ2) is 8.06. The minimum absolute atomic E-state index is 0.0698. The van der Waals surface area contributed by atoms with E-state index in [9.17, 15) is 4.79 Å². The Balaban J connectivity index is 1.91. The molecule has 116 valence electrons. The van der Waals surface area contributed by atoms with E-state index in [4.69, 9.17) is 27.9 Å². The van der Waals surface area contributed by atoms with E-state index < -0.39 is 0 Å². The fourth-order valence-corrected chi connectivity index (χ4v) is 2.53. The number of benzene rings is 2. The van der Waals surface area contributed by atoms with Crippen LogP contribution in [0.25, 0.3) is 0 Å². The fourth-order valence-electron chi connectivity index (χ4n) is 2.03. The average Bonchev–Trinajstić information content (AvgIpc) is 2.47. The Labute approximate surface area is 140 Å². The second-order valence-corrected chi connectivity index (χ2v) is 5.59. The van der Waals surface area contributed by atoms with Crippen LogP contribution in [-0.4, -0.2) is 12.5 Å². The first-order chi connectivity index (χ1) is 10.6. The van der Waals surface area contributed by atoms with E-state index in [1.165, 1.54) is 0 Å². The maximum absolute atomic E-state index is 12.0. The molecule has 3 nitrogen and oxygen atoms in total. The van der Waals surface area contributed by atoms with E-state index in [1.54, 1.807) is 18.2 Å². The first-order valence-electron chi connectivity index (χ1n) is 7.05. The van der Waals surface area contributed by atoms with E-state index in [0.717, 1.165) is 17.0 Å². The van der Waals surface area contributed by atoms with Crippen molar-refractivity contribution in [1.29, 1.82) is 0 Å². The van der Waals surface area contributed by atoms with Crippen molar-refractivity contribution in [2.24, 2.45) is 0 Å².